The molecule has 0 aliphatic carbocycles. The smallest absolute Gasteiger partial charge is 0.118 e. The van der Waals surface area contributed by atoms with Crippen molar-refractivity contribution in [2.45, 2.75) is 53.3 Å². The number of hydrogen-bond acceptors (Lipinski definition) is 4. The minimum Gasteiger partial charge on any atom is -0.465 e. The lowest BCUT2D eigenvalue weighted by atomic mass is 10.2. The third-order valence-electron chi connectivity index (χ3n) is 3.09. The van der Waals surface area contributed by atoms with Gasteiger partial charge in [0.2, 0.25) is 0 Å². The van der Waals surface area contributed by atoms with E-state index in [1.165, 1.54) is 0 Å². The molecule has 116 valence electrons. The Hall–Kier alpha value is -0.840. The molecule has 0 aliphatic heterocycles. The summed E-state index contributed by atoms with van der Waals surface area (Å²) in [7, 11) is 0. The number of aryl methyl sites for hydroxylation is 1. The van der Waals surface area contributed by atoms with E-state index in [-0.39, 0.29) is 0 Å². The molecule has 1 aromatic heterocycles. The van der Waals surface area contributed by atoms with Gasteiger partial charge in [0.25, 0.3) is 0 Å². The molecule has 4 nitrogen and oxygen atoms in total. The second kappa shape index (κ2) is 8.45. The number of ether oxygens (including phenoxy) is 1. The number of furan rings is 1. The molecule has 1 heterocycles. The Morgan fingerprint density at radius 1 is 1.20 bits per heavy atom. The van der Waals surface area contributed by atoms with Crippen molar-refractivity contribution in [2.75, 3.05) is 19.8 Å². The van der Waals surface area contributed by atoms with Crippen LogP contribution in [0, 0.1) is 12.8 Å². The predicted octanol–water partition coefficient (Wildman–Crippen LogP) is 2.83. The maximum atomic E-state index is 10.1. The van der Waals surface area contributed by atoms with Gasteiger partial charge >= 0.3 is 0 Å². The Labute approximate surface area is 122 Å². The quantitative estimate of drug-likeness (QED) is 0.757. The fourth-order valence-electron chi connectivity index (χ4n) is 1.99. The van der Waals surface area contributed by atoms with Gasteiger partial charge in [0.1, 0.15) is 11.5 Å². The molecule has 1 rings (SSSR count). The van der Waals surface area contributed by atoms with Crippen LogP contribution in [0.5, 0.6) is 0 Å². The van der Waals surface area contributed by atoms with Crippen molar-refractivity contribution < 1.29 is 14.3 Å². The summed E-state index contributed by atoms with van der Waals surface area (Å²) in [6.45, 7) is 12.8. The summed E-state index contributed by atoms with van der Waals surface area (Å²) in [6.07, 6.45) is -0.466. The summed E-state index contributed by atoms with van der Waals surface area (Å²) in [4.78, 5) is 2.20. The van der Waals surface area contributed by atoms with E-state index in [9.17, 15) is 5.11 Å². The number of rotatable bonds is 9. The molecule has 0 radical (unpaired) electrons. The summed E-state index contributed by atoms with van der Waals surface area (Å²) in [5.41, 5.74) is 0. The van der Waals surface area contributed by atoms with E-state index in [1.54, 1.807) is 0 Å². The summed E-state index contributed by atoms with van der Waals surface area (Å²) in [5.74, 6) is 2.35. The van der Waals surface area contributed by atoms with Crippen molar-refractivity contribution in [1.82, 2.24) is 4.90 Å². The summed E-state index contributed by atoms with van der Waals surface area (Å²) in [5, 5.41) is 10.1. The predicted molar refractivity (Wildman–Crippen MR) is 80.7 cm³/mol. The number of nitrogens with zero attached hydrogens (tertiary/aromatic N) is 1. The van der Waals surface area contributed by atoms with E-state index >= 15 is 0 Å². The highest BCUT2D eigenvalue weighted by atomic mass is 16.5. The average molecular weight is 283 g/mol. The molecule has 4 heteroatoms. The molecular formula is C16H29NO3. The molecule has 0 saturated carbocycles. The Morgan fingerprint density at radius 2 is 1.90 bits per heavy atom. The van der Waals surface area contributed by atoms with Gasteiger partial charge in [0, 0.05) is 19.2 Å². The van der Waals surface area contributed by atoms with Crippen LogP contribution < -0.4 is 0 Å². The highest BCUT2D eigenvalue weighted by molar-refractivity contribution is 5.05. The number of aliphatic hydroxyl groups excluding tert-OH is 1. The summed E-state index contributed by atoms with van der Waals surface area (Å²) < 4.78 is 11.1. The molecule has 0 aliphatic rings. The molecule has 0 bridgehead atoms. The normalized spacial score (nSPS) is 13.7. The molecule has 0 fully saturated rings. The van der Waals surface area contributed by atoms with Crippen LogP contribution in [0.4, 0.5) is 0 Å². The lowest BCUT2D eigenvalue weighted by molar-refractivity contribution is 0.000587. The first kappa shape index (κ1) is 17.2. The Morgan fingerprint density at radius 3 is 2.40 bits per heavy atom. The van der Waals surface area contributed by atoms with Crippen molar-refractivity contribution in [3.63, 3.8) is 0 Å². The Bertz CT molecular complexity index is 374. The molecule has 1 aromatic rings. The van der Waals surface area contributed by atoms with Gasteiger partial charge < -0.3 is 14.3 Å². The van der Waals surface area contributed by atoms with Crippen LogP contribution in [-0.2, 0) is 11.3 Å². The topological polar surface area (TPSA) is 45.8 Å². The van der Waals surface area contributed by atoms with Gasteiger partial charge in [-0.1, -0.05) is 13.8 Å². The van der Waals surface area contributed by atoms with E-state index < -0.39 is 6.10 Å². The van der Waals surface area contributed by atoms with Crippen LogP contribution in [-0.4, -0.2) is 41.9 Å². The van der Waals surface area contributed by atoms with E-state index in [1.807, 2.05) is 19.1 Å². The maximum Gasteiger partial charge on any atom is 0.118 e. The van der Waals surface area contributed by atoms with Crippen molar-refractivity contribution in [3.05, 3.63) is 23.7 Å². The first-order chi connectivity index (χ1) is 9.38. The lowest BCUT2D eigenvalue weighted by Crippen LogP contribution is -2.38. The lowest BCUT2D eigenvalue weighted by Gasteiger charge is -2.28. The first-order valence-electron chi connectivity index (χ1n) is 7.43. The standard InChI is InChI=1S/C16H29NO3/c1-12(2)10-19-11-15(18)8-17(13(3)4)9-16-7-6-14(5)20-16/h6-7,12-13,15,18H,8-11H2,1-5H3. The van der Waals surface area contributed by atoms with Crippen molar-refractivity contribution in [3.8, 4) is 0 Å². The Kier molecular flexibility index (Phi) is 7.27. The molecule has 1 unspecified atom stereocenters. The monoisotopic (exact) mass is 283 g/mol. The highest BCUT2D eigenvalue weighted by Gasteiger charge is 2.17. The van der Waals surface area contributed by atoms with Crippen molar-refractivity contribution >= 4 is 0 Å². The minimum atomic E-state index is -0.466. The van der Waals surface area contributed by atoms with Gasteiger partial charge in [0.05, 0.1) is 19.3 Å². The largest absolute Gasteiger partial charge is 0.465 e. The van der Waals surface area contributed by atoms with Gasteiger partial charge in [-0.25, -0.2) is 0 Å². The van der Waals surface area contributed by atoms with E-state index in [2.05, 4.69) is 32.6 Å². The van der Waals surface area contributed by atoms with Gasteiger partial charge in [-0.05, 0) is 38.8 Å². The molecule has 0 saturated heterocycles. The van der Waals surface area contributed by atoms with Gasteiger partial charge in [0.15, 0.2) is 0 Å². The zero-order chi connectivity index (χ0) is 15.1. The molecule has 20 heavy (non-hydrogen) atoms. The van der Waals surface area contributed by atoms with Crippen LogP contribution >= 0.6 is 0 Å². The Balaban J connectivity index is 2.42. The molecule has 1 atom stereocenters. The van der Waals surface area contributed by atoms with Gasteiger partial charge in [-0.3, -0.25) is 4.90 Å². The molecule has 0 spiro atoms. The second-order valence-electron chi connectivity index (χ2n) is 6.12. The van der Waals surface area contributed by atoms with E-state index in [0.29, 0.717) is 38.3 Å². The van der Waals surface area contributed by atoms with Crippen LogP contribution in [0.25, 0.3) is 0 Å². The molecule has 0 aromatic carbocycles. The van der Waals surface area contributed by atoms with Crippen molar-refractivity contribution in [2.24, 2.45) is 5.92 Å². The third-order valence-corrected chi connectivity index (χ3v) is 3.09. The zero-order valence-corrected chi connectivity index (χ0v) is 13.4. The van der Waals surface area contributed by atoms with Crippen LogP contribution in [0.3, 0.4) is 0 Å². The number of hydrogen-bond donors (Lipinski definition) is 1. The molecular weight excluding hydrogens is 254 g/mol. The maximum absolute atomic E-state index is 10.1. The third kappa shape index (κ3) is 6.55. The highest BCUT2D eigenvalue weighted by Crippen LogP contribution is 2.12. The van der Waals surface area contributed by atoms with E-state index in [4.69, 9.17) is 9.15 Å². The van der Waals surface area contributed by atoms with Gasteiger partial charge in [-0.15, -0.1) is 0 Å². The molecule has 1 N–H and O–H groups in total. The first-order valence-corrected chi connectivity index (χ1v) is 7.43. The number of aliphatic hydroxyl groups is 1. The van der Waals surface area contributed by atoms with Crippen LogP contribution in [0.1, 0.15) is 39.2 Å². The van der Waals surface area contributed by atoms with E-state index in [0.717, 1.165) is 11.5 Å². The molecule has 0 amide bonds. The minimum absolute atomic E-state index is 0.347. The van der Waals surface area contributed by atoms with Crippen LogP contribution in [0.15, 0.2) is 16.5 Å². The summed E-state index contributed by atoms with van der Waals surface area (Å²) >= 11 is 0. The fraction of sp³-hybridized carbons (Fsp3) is 0.750. The van der Waals surface area contributed by atoms with Crippen LogP contribution in [0.2, 0.25) is 0 Å². The summed E-state index contributed by atoms with van der Waals surface area (Å²) in [6, 6.07) is 4.31. The second-order valence-corrected chi connectivity index (χ2v) is 6.12. The SMILES string of the molecule is Cc1ccc(CN(CC(O)COCC(C)C)C(C)C)o1. The average Bonchev–Trinajstić information content (AvgIpc) is 2.73. The zero-order valence-electron chi connectivity index (χ0n) is 13.4. The van der Waals surface area contributed by atoms with Crippen molar-refractivity contribution in [1.29, 1.82) is 0 Å². The van der Waals surface area contributed by atoms with Gasteiger partial charge in [-0.2, -0.15) is 0 Å². The fourth-order valence-corrected chi connectivity index (χ4v) is 1.99.